The second kappa shape index (κ2) is 9.23. The minimum absolute atomic E-state index is 0.469. The molecule has 0 aliphatic rings. The Hall–Kier alpha value is -0.840. The van der Waals surface area contributed by atoms with Crippen molar-refractivity contribution in [2.75, 3.05) is 20.3 Å². The summed E-state index contributed by atoms with van der Waals surface area (Å²) in [6, 6.07) is 3.17. The summed E-state index contributed by atoms with van der Waals surface area (Å²) in [5.41, 5.74) is 1.23. The Balaban J connectivity index is 2.68. The monoisotopic (exact) mass is 296 g/mol. The highest BCUT2D eigenvalue weighted by Gasteiger charge is 2.16. The zero-order valence-corrected chi connectivity index (χ0v) is 14.5. The van der Waals surface area contributed by atoms with Crippen molar-refractivity contribution in [2.45, 2.75) is 66.2 Å². The van der Waals surface area contributed by atoms with Crippen LogP contribution in [0.3, 0.4) is 0 Å². The Morgan fingerprint density at radius 3 is 2.62 bits per heavy atom. The lowest BCUT2D eigenvalue weighted by atomic mass is 10.2. The number of rotatable bonds is 10. The van der Waals surface area contributed by atoms with Crippen molar-refractivity contribution in [1.29, 1.82) is 0 Å². The quantitative estimate of drug-likeness (QED) is 0.718. The highest BCUT2D eigenvalue weighted by atomic mass is 16.5. The highest BCUT2D eigenvalue weighted by Crippen LogP contribution is 2.18. The number of furan rings is 1. The first-order chi connectivity index (χ1) is 9.97. The number of nitrogens with one attached hydrogen (secondary N) is 1. The van der Waals surface area contributed by atoms with E-state index in [4.69, 9.17) is 9.15 Å². The largest absolute Gasteiger partial charge is 0.463 e. The van der Waals surface area contributed by atoms with Crippen LogP contribution in [0, 0.1) is 6.92 Å². The molecule has 122 valence electrons. The molecule has 21 heavy (non-hydrogen) atoms. The van der Waals surface area contributed by atoms with E-state index in [2.05, 4.69) is 50.9 Å². The zero-order valence-electron chi connectivity index (χ0n) is 14.5. The lowest BCUT2D eigenvalue weighted by Crippen LogP contribution is -2.34. The number of aryl methyl sites for hydroxylation is 1. The highest BCUT2D eigenvalue weighted by molar-refractivity contribution is 5.20. The van der Waals surface area contributed by atoms with Crippen molar-refractivity contribution in [1.82, 2.24) is 10.2 Å². The summed E-state index contributed by atoms with van der Waals surface area (Å²) >= 11 is 0. The molecule has 1 aromatic heterocycles. The maximum atomic E-state index is 6.02. The van der Waals surface area contributed by atoms with E-state index in [1.807, 2.05) is 0 Å². The molecule has 1 N–H and O–H groups in total. The van der Waals surface area contributed by atoms with Crippen molar-refractivity contribution < 1.29 is 9.15 Å². The van der Waals surface area contributed by atoms with Crippen LogP contribution in [0.5, 0.6) is 0 Å². The van der Waals surface area contributed by atoms with E-state index in [-0.39, 0.29) is 0 Å². The molecule has 0 spiro atoms. The minimum Gasteiger partial charge on any atom is -0.463 e. The Kier molecular flexibility index (Phi) is 8.01. The summed E-state index contributed by atoms with van der Waals surface area (Å²) in [5, 5.41) is 3.41. The first-order valence-corrected chi connectivity index (χ1v) is 8.02. The van der Waals surface area contributed by atoms with Crippen molar-refractivity contribution in [2.24, 2.45) is 0 Å². The van der Waals surface area contributed by atoms with Crippen LogP contribution in [0.15, 0.2) is 10.5 Å². The van der Waals surface area contributed by atoms with E-state index >= 15 is 0 Å². The summed E-state index contributed by atoms with van der Waals surface area (Å²) < 4.78 is 11.2. The van der Waals surface area contributed by atoms with Gasteiger partial charge in [-0.2, -0.15) is 0 Å². The molecule has 0 saturated heterocycles. The fourth-order valence-corrected chi connectivity index (χ4v) is 2.26. The van der Waals surface area contributed by atoms with Gasteiger partial charge in [-0.15, -0.1) is 0 Å². The second-order valence-corrected chi connectivity index (χ2v) is 6.08. The molecular formula is C17H32N2O2. The molecule has 1 rings (SSSR count). The molecule has 0 saturated carbocycles. The van der Waals surface area contributed by atoms with Gasteiger partial charge < -0.3 is 14.5 Å². The fraction of sp³-hybridized carbons (Fsp3) is 0.765. The van der Waals surface area contributed by atoms with Crippen LogP contribution in [-0.2, 0) is 17.8 Å². The lowest BCUT2D eigenvalue weighted by molar-refractivity contribution is 0.112. The Labute approximate surface area is 129 Å². The van der Waals surface area contributed by atoms with Gasteiger partial charge >= 0.3 is 0 Å². The molecular weight excluding hydrogens is 264 g/mol. The molecule has 0 amide bonds. The average Bonchev–Trinajstić information content (AvgIpc) is 2.80. The predicted molar refractivity (Wildman–Crippen MR) is 87.5 cm³/mol. The normalized spacial score (nSPS) is 13.3. The van der Waals surface area contributed by atoms with Crippen molar-refractivity contribution in [3.8, 4) is 0 Å². The summed E-state index contributed by atoms with van der Waals surface area (Å²) in [6.45, 7) is 14.2. The number of hydrogen-bond acceptors (Lipinski definition) is 4. The Morgan fingerprint density at radius 1 is 1.33 bits per heavy atom. The van der Waals surface area contributed by atoms with E-state index in [0.29, 0.717) is 12.1 Å². The fourth-order valence-electron chi connectivity index (χ4n) is 2.26. The van der Waals surface area contributed by atoms with Crippen LogP contribution in [0.25, 0.3) is 0 Å². The molecule has 0 aliphatic carbocycles. The van der Waals surface area contributed by atoms with Crippen molar-refractivity contribution in [3.05, 3.63) is 23.2 Å². The van der Waals surface area contributed by atoms with Crippen LogP contribution in [0.2, 0.25) is 0 Å². The smallest absolute Gasteiger partial charge is 0.120 e. The van der Waals surface area contributed by atoms with Gasteiger partial charge in [-0.25, -0.2) is 0 Å². The first-order valence-electron chi connectivity index (χ1n) is 8.02. The zero-order chi connectivity index (χ0) is 15.8. The second-order valence-electron chi connectivity index (χ2n) is 6.08. The molecule has 0 fully saturated rings. The van der Waals surface area contributed by atoms with E-state index in [1.165, 1.54) is 5.56 Å². The molecule has 4 heteroatoms. The van der Waals surface area contributed by atoms with Gasteiger partial charge in [0.2, 0.25) is 0 Å². The molecule has 4 nitrogen and oxygen atoms in total. The van der Waals surface area contributed by atoms with Gasteiger partial charge in [-0.05, 0) is 31.9 Å². The molecule has 0 aliphatic heterocycles. The maximum absolute atomic E-state index is 6.02. The molecule has 1 aromatic rings. The Morgan fingerprint density at radius 2 is 2.05 bits per heavy atom. The molecule has 1 heterocycles. The molecule has 0 bridgehead atoms. The third-order valence-corrected chi connectivity index (χ3v) is 3.90. The van der Waals surface area contributed by atoms with Gasteiger partial charge in [0.15, 0.2) is 0 Å². The average molecular weight is 296 g/mol. The standard InChI is InChI=1S/C17H32N2O2/c1-7-15(5)19(8-9-20-6)12-16-10-14(4)17(21-16)11-18-13(2)3/h10,13,15,18H,7-9,11-12H2,1-6H3. The maximum Gasteiger partial charge on any atom is 0.120 e. The van der Waals surface area contributed by atoms with E-state index < -0.39 is 0 Å². The SMILES string of the molecule is CCC(C)N(CCOC)Cc1cc(C)c(CNC(C)C)o1. The summed E-state index contributed by atoms with van der Waals surface area (Å²) in [7, 11) is 1.75. The molecule has 0 radical (unpaired) electrons. The lowest BCUT2D eigenvalue weighted by Gasteiger charge is -2.27. The summed E-state index contributed by atoms with van der Waals surface area (Å²) in [6.07, 6.45) is 1.13. The van der Waals surface area contributed by atoms with Crippen molar-refractivity contribution in [3.63, 3.8) is 0 Å². The van der Waals surface area contributed by atoms with Gasteiger partial charge in [0.25, 0.3) is 0 Å². The van der Waals surface area contributed by atoms with Gasteiger partial charge in [0.05, 0.1) is 19.7 Å². The van der Waals surface area contributed by atoms with Crippen LogP contribution in [0.4, 0.5) is 0 Å². The summed E-state index contributed by atoms with van der Waals surface area (Å²) in [5.74, 6) is 2.10. The van der Waals surface area contributed by atoms with E-state index in [1.54, 1.807) is 7.11 Å². The van der Waals surface area contributed by atoms with Crippen molar-refractivity contribution >= 4 is 0 Å². The van der Waals surface area contributed by atoms with Crippen LogP contribution >= 0.6 is 0 Å². The van der Waals surface area contributed by atoms with Gasteiger partial charge in [-0.1, -0.05) is 20.8 Å². The van der Waals surface area contributed by atoms with Crippen LogP contribution in [-0.4, -0.2) is 37.2 Å². The Bertz CT molecular complexity index is 401. The molecule has 1 atom stereocenters. The number of methoxy groups -OCH3 is 1. The predicted octanol–water partition coefficient (Wildman–Crippen LogP) is 3.33. The molecule has 0 aromatic carbocycles. The van der Waals surface area contributed by atoms with Gasteiger partial charge in [-0.3, -0.25) is 4.90 Å². The third-order valence-electron chi connectivity index (χ3n) is 3.90. The molecule has 1 unspecified atom stereocenters. The van der Waals surface area contributed by atoms with Gasteiger partial charge in [0, 0.05) is 25.7 Å². The number of ether oxygens (including phenoxy) is 1. The van der Waals surface area contributed by atoms with E-state index in [9.17, 15) is 0 Å². The minimum atomic E-state index is 0.469. The number of hydrogen-bond donors (Lipinski definition) is 1. The van der Waals surface area contributed by atoms with E-state index in [0.717, 1.165) is 44.2 Å². The summed E-state index contributed by atoms with van der Waals surface area (Å²) in [4.78, 5) is 2.42. The van der Waals surface area contributed by atoms with Crippen LogP contribution < -0.4 is 5.32 Å². The van der Waals surface area contributed by atoms with Gasteiger partial charge in [0.1, 0.15) is 11.5 Å². The topological polar surface area (TPSA) is 37.6 Å². The number of nitrogens with zero attached hydrogens (tertiary/aromatic N) is 1. The van der Waals surface area contributed by atoms with Crippen LogP contribution in [0.1, 0.15) is 51.2 Å². The third kappa shape index (κ3) is 6.20. The first kappa shape index (κ1) is 18.2.